The zero-order valence-electron chi connectivity index (χ0n) is 12.8. The molecule has 0 fully saturated rings. The number of rotatable bonds is 6. The van der Waals surface area contributed by atoms with Crippen molar-refractivity contribution in [2.24, 2.45) is 0 Å². The van der Waals surface area contributed by atoms with Gasteiger partial charge in [-0.1, -0.05) is 30.1 Å². The van der Waals surface area contributed by atoms with Crippen LogP contribution in [0.1, 0.15) is 13.3 Å². The summed E-state index contributed by atoms with van der Waals surface area (Å²) in [5, 5.41) is 3.84. The number of thioether (sulfide) groups is 1. The molecule has 1 amide bonds. The van der Waals surface area contributed by atoms with Gasteiger partial charge < -0.3 is 10.1 Å². The van der Waals surface area contributed by atoms with Gasteiger partial charge in [0.2, 0.25) is 5.91 Å². The molecule has 0 bridgehead atoms. The van der Waals surface area contributed by atoms with Gasteiger partial charge in [0.05, 0.1) is 17.4 Å². The van der Waals surface area contributed by atoms with Crippen molar-refractivity contribution in [2.75, 3.05) is 12.4 Å². The van der Waals surface area contributed by atoms with Crippen LogP contribution in [0.15, 0.2) is 47.4 Å². The average molecular weight is 370 g/mol. The van der Waals surface area contributed by atoms with E-state index in [1.54, 1.807) is 25.3 Å². The van der Waals surface area contributed by atoms with E-state index in [2.05, 4.69) is 5.32 Å². The van der Waals surface area contributed by atoms with Crippen LogP contribution in [0.4, 0.5) is 5.69 Å². The number of halogens is 2. The smallest absolute Gasteiger partial charge is 0.237 e. The third-order valence-corrected chi connectivity index (χ3v) is 5.10. The Morgan fingerprint density at radius 2 is 1.91 bits per heavy atom. The van der Waals surface area contributed by atoms with Gasteiger partial charge in [0.25, 0.3) is 0 Å². The van der Waals surface area contributed by atoms with Gasteiger partial charge in [-0.25, -0.2) is 0 Å². The number of anilines is 1. The van der Waals surface area contributed by atoms with Crippen molar-refractivity contribution in [3.8, 4) is 5.75 Å². The van der Waals surface area contributed by atoms with Gasteiger partial charge in [0.15, 0.2) is 0 Å². The van der Waals surface area contributed by atoms with Crippen molar-refractivity contribution >= 4 is 46.6 Å². The van der Waals surface area contributed by atoms with E-state index >= 15 is 0 Å². The van der Waals surface area contributed by atoms with Crippen LogP contribution in [0.3, 0.4) is 0 Å². The van der Waals surface area contributed by atoms with Crippen LogP contribution in [0.25, 0.3) is 0 Å². The molecule has 0 spiro atoms. The van der Waals surface area contributed by atoms with Crippen LogP contribution in [0.2, 0.25) is 10.0 Å². The summed E-state index contributed by atoms with van der Waals surface area (Å²) in [6, 6.07) is 12.6. The second-order valence-corrected chi connectivity index (χ2v) is 6.93. The molecule has 2 aromatic rings. The standard InChI is InChI=1S/C17H17Cl2NO2S/c1-3-16(23-13-7-4-11(18)5-8-13)17(21)20-12-6-9-15(22-2)14(19)10-12/h4-10,16H,3H2,1-2H3,(H,20,21)/t16-/m1/s1. The molecule has 0 saturated heterocycles. The number of benzene rings is 2. The van der Waals surface area contributed by atoms with E-state index in [0.717, 1.165) is 4.90 Å². The Labute approximate surface area is 150 Å². The number of carbonyl (C=O) groups excluding carboxylic acids is 1. The highest BCUT2D eigenvalue weighted by molar-refractivity contribution is 8.00. The first-order chi connectivity index (χ1) is 11.0. The van der Waals surface area contributed by atoms with Crippen LogP contribution in [0.5, 0.6) is 5.75 Å². The van der Waals surface area contributed by atoms with E-state index in [0.29, 0.717) is 27.9 Å². The van der Waals surface area contributed by atoms with Gasteiger partial charge in [-0.2, -0.15) is 0 Å². The first kappa shape index (κ1) is 18.0. The van der Waals surface area contributed by atoms with Gasteiger partial charge >= 0.3 is 0 Å². The highest BCUT2D eigenvalue weighted by atomic mass is 35.5. The molecule has 2 aromatic carbocycles. The van der Waals surface area contributed by atoms with Gasteiger partial charge in [0, 0.05) is 15.6 Å². The largest absolute Gasteiger partial charge is 0.495 e. The predicted octanol–water partition coefficient (Wildman–Crippen LogP) is 5.51. The summed E-state index contributed by atoms with van der Waals surface area (Å²) in [5.41, 5.74) is 0.649. The summed E-state index contributed by atoms with van der Waals surface area (Å²) in [7, 11) is 1.55. The van der Waals surface area contributed by atoms with Crippen molar-refractivity contribution in [3.63, 3.8) is 0 Å². The Morgan fingerprint density at radius 3 is 2.48 bits per heavy atom. The fraction of sp³-hybridized carbons (Fsp3) is 0.235. The molecule has 122 valence electrons. The summed E-state index contributed by atoms with van der Waals surface area (Å²) >= 11 is 13.5. The van der Waals surface area contributed by atoms with Crippen LogP contribution in [-0.2, 0) is 4.79 Å². The van der Waals surface area contributed by atoms with E-state index in [-0.39, 0.29) is 11.2 Å². The Morgan fingerprint density at radius 1 is 1.22 bits per heavy atom. The highest BCUT2D eigenvalue weighted by Gasteiger charge is 2.18. The number of ether oxygens (including phenoxy) is 1. The van der Waals surface area contributed by atoms with E-state index in [1.165, 1.54) is 11.8 Å². The van der Waals surface area contributed by atoms with Crippen molar-refractivity contribution < 1.29 is 9.53 Å². The second-order valence-electron chi connectivity index (χ2n) is 4.81. The molecule has 1 atom stereocenters. The molecule has 0 heterocycles. The maximum absolute atomic E-state index is 12.4. The average Bonchev–Trinajstić information content (AvgIpc) is 2.54. The summed E-state index contributed by atoms with van der Waals surface area (Å²) in [6.07, 6.45) is 0.711. The van der Waals surface area contributed by atoms with Crippen LogP contribution < -0.4 is 10.1 Å². The molecule has 2 rings (SSSR count). The molecule has 23 heavy (non-hydrogen) atoms. The van der Waals surface area contributed by atoms with Gasteiger partial charge in [-0.05, 0) is 48.9 Å². The Hall–Kier alpha value is -1.36. The molecular weight excluding hydrogens is 353 g/mol. The first-order valence-corrected chi connectivity index (χ1v) is 8.73. The maximum Gasteiger partial charge on any atom is 0.237 e. The third kappa shape index (κ3) is 5.06. The molecule has 0 unspecified atom stereocenters. The highest BCUT2D eigenvalue weighted by Crippen LogP contribution is 2.30. The Bertz CT molecular complexity index is 677. The second kappa shape index (κ2) is 8.48. The Balaban J connectivity index is 2.04. The van der Waals surface area contributed by atoms with Gasteiger partial charge in [-0.3, -0.25) is 4.79 Å². The molecule has 0 radical (unpaired) electrons. The van der Waals surface area contributed by atoms with Crippen molar-refractivity contribution in [1.82, 2.24) is 0 Å². The molecule has 1 N–H and O–H groups in total. The van der Waals surface area contributed by atoms with Gasteiger partial charge in [-0.15, -0.1) is 11.8 Å². The number of methoxy groups -OCH3 is 1. The number of carbonyl (C=O) groups is 1. The van der Waals surface area contributed by atoms with Crippen LogP contribution >= 0.6 is 35.0 Å². The maximum atomic E-state index is 12.4. The molecule has 6 heteroatoms. The third-order valence-electron chi connectivity index (χ3n) is 3.17. The molecule has 3 nitrogen and oxygen atoms in total. The van der Waals surface area contributed by atoms with Crippen molar-refractivity contribution in [1.29, 1.82) is 0 Å². The lowest BCUT2D eigenvalue weighted by atomic mass is 10.2. The fourth-order valence-electron chi connectivity index (χ4n) is 1.97. The minimum absolute atomic E-state index is 0.0614. The summed E-state index contributed by atoms with van der Waals surface area (Å²) in [6.45, 7) is 1.98. The normalized spacial score (nSPS) is 11.8. The molecule has 0 saturated carbocycles. The lowest BCUT2D eigenvalue weighted by Gasteiger charge is -2.15. The zero-order chi connectivity index (χ0) is 16.8. The number of hydrogen-bond acceptors (Lipinski definition) is 3. The molecular formula is C17H17Cl2NO2S. The first-order valence-electron chi connectivity index (χ1n) is 7.10. The summed E-state index contributed by atoms with van der Waals surface area (Å²) in [4.78, 5) is 13.5. The summed E-state index contributed by atoms with van der Waals surface area (Å²) in [5.74, 6) is 0.515. The summed E-state index contributed by atoms with van der Waals surface area (Å²) < 4.78 is 5.10. The SMILES string of the molecule is CC[C@@H](Sc1ccc(Cl)cc1)C(=O)Nc1ccc(OC)c(Cl)c1. The monoisotopic (exact) mass is 369 g/mol. The number of nitrogens with one attached hydrogen (secondary N) is 1. The molecule has 0 aliphatic carbocycles. The lowest BCUT2D eigenvalue weighted by Crippen LogP contribution is -2.24. The molecule has 0 aliphatic heterocycles. The van der Waals surface area contributed by atoms with E-state index in [1.807, 2.05) is 31.2 Å². The van der Waals surface area contributed by atoms with Crippen molar-refractivity contribution in [2.45, 2.75) is 23.5 Å². The van der Waals surface area contributed by atoms with Crippen LogP contribution in [-0.4, -0.2) is 18.3 Å². The number of hydrogen-bond donors (Lipinski definition) is 1. The number of amides is 1. The quantitative estimate of drug-likeness (QED) is 0.682. The Kier molecular flexibility index (Phi) is 6.63. The van der Waals surface area contributed by atoms with E-state index in [4.69, 9.17) is 27.9 Å². The fourth-order valence-corrected chi connectivity index (χ4v) is 3.30. The minimum Gasteiger partial charge on any atom is -0.495 e. The zero-order valence-corrected chi connectivity index (χ0v) is 15.1. The van der Waals surface area contributed by atoms with Gasteiger partial charge in [0.1, 0.15) is 5.75 Å². The van der Waals surface area contributed by atoms with Crippen molar-refractivity contribution in [3.05, 3.63) is 52.5 Å². The minimum atomic E-state index is -0.197. The lowest BCUT2D eigenvalue weighted by molar-refractivity contribution is -0.115. The van der Waals surface area contributed by atoms with Crippen LogP contribution in [0, 0.1) is 0 Å². The molecule has 0 aromatic heterocycles. The molecule has 0 aliphatic rings. The topological polar surface area (TPSA) is 38.3 Å². The predicted molar refractivity (Wildman–Crippen MR) is 98.0 cm³/mol. The van der Waals surface area contributed by atoms with E-state index in [9.17, 15) is 4.79 Å². The van der Waals surface area contributed by atoms with E-state index < -0.39 is 0 Å².